The van der Waals surface area contributed by atoms with Crippen molar-refractivity contribution in [3.63, 3.8) is 0 Å². The molecule has 52 heavy (non-hydrogen) atoms. The number of ether oxygens (including phenoxy) is 1. The normalized spacial score (nSPS) is 29.2. The molecule has 3 atom stereocenters. The highest BCUT2D eigenvalue weighted by molar-refractivity contribution is 7.92. The highest BCUT2D eigenvalue weighted by Gasteiger charge is 2.64. The SMILES string of the molecule is COC(=O)C[C@H]1CCC[C@@H]1[C@](CN1CCC1)(c1cccc(F)c1)C1CCN(CC2CN(c3ccc(S(=O)(=O)C4CC(O)(C(F)(F)F)C4)cc3)C2)CC1. The summed E-state index contributed by atoms with van der Waals surface area (Å²) in [6.45, 7) is 7.49. The quantitative estimate of drug-likeness (QED) is 0.215. The third kappa shape index (κ3) is 7.11. The van der Waals surface area contributed by atoms with Gasteiger partial charge in [-0.15, -0.1) is 0 Å². The number of benzene rings is 2. The van der Waals surface area contributed by atoms with Crippen molar-refractivity contribution in [2.24, 2.45) is 23.7 Å². The number of rotatable bonds is 12. The Balaban J connectivity index is 0.980. The molecule has 0 spiro atoms. The number of esters is 1. The van der Waals surface area contributed by atoms with Crippen LogP contribution in [0.15, 0.2) is 53.4 Å². The Kier molecular flexibility index (Phi) is 10.5. The van der Waals surface area contributed by atoms with E-state index >= 15 is 0 Å². The van der Waals surface area contributed by atoms with Crippen LogP contribution in [0.25, 0.3) is 0 Å². The summed E-state index contributed by atoms with van der Waals surface area (Å²) in [5.74, 6) is 0.888. The van der Waals surface area contributed by atoms with Gasteiger partial charge in [0.05, 0.1) is 17.3 Å². The number of anilines is 1. The molecule has 8 nitrogen and oxygen atoms in total. The number of sulfone groups is 1. The van der Waals surface area contributed by atoms with Gasteiger partial charge in [0.15, 0.2) is 15.4 Å². The van der Waals surface area contributed by atoms with Crippen molar-refractivity contribution in [3.05, 3.63) is 59.9 Å². The van der Waals surface area contributed by atoms with E-state index in [2.05, 4.69) is 20.8 Å². The summed E-state index contributed by atoms with van der Waals surface area (Å²) < 4.78 is 85.1. The van der Waals surface area contributed by atoms with Crippen LogP contribution in [0.4, 0.5) is 23.2 Å². The molecule has 2 aromatic rings. The number of nitrogens with zero attached hydrogens (tertiary/aromatic N) is 3. The fourth-order valence-electron chi connectivity index (χ4n) is 10.1. The molecular weight excluding hydrogens is 699 g/mol. The van der Waals surface area contributed by atoms with E-state index in [-0.39, 0.29) is 33.9 Å². The zero-order valence-electron chi connectivity index (χ0n) is 29.9. The van der Waals surface area contributed by atoms with Crippen LogP contribution in [0.5, 0.6) is 0 Å². The minimum Gasteiger partial charge on any atom is -0.469 e. The van der Waals surface area contributed by atoms with Gasteiger partial charge in [0.25, 0.3) is 0 Å². The Morgan fingerprint density at radius 3 is 2.23 bits per heavy atom. The molecule has 5 fully saturated rings. The Labute approximate surface area is 304 Å². The topological polar surface area (TPSA) is 90.4 Å². The molecule has 1 N–H and O–H groups in total. The minimum absolute atomic E-state index is 0.0249. The maximum absolute atomic E-state index is 15.0. The number of halogens is 4. The molecule has 3 aliphatic heterocycles. The van der Waals surface area contributed by atoms with E-state index in [1.54, 1.807) is 18.2 Å². The maximum Gasteiger partial charge on any atom is 0.417 e. The van der Waals surface area contributed by atoms with Gasteiger partial charge in [-0.05, 0) is 118 Å². The standard InChI is InChI=1S/C39H51F4N3O5S/c1-51-36(47)19-28-5-2-8-35(28)38(26-45-15-4-16-45,30-6-3-7-31(40)20-30)29-13-17-44(18-14-29)23-27-24-46(25-27)32-9-11-33(12-10-32)52(49,50)34-21-37(48,22-34)39(41,42)43/h3,6-7,9-12,20,27-29,34-35,48H,2,4-5,8,13-19,21-26H2,1H3/t28-,34?,35+,37?,38+/m1/s1. The summed E-state index contributed by atoms with van der Waals surface area (Å²) in [4.78, 5) is 19.8. The molecule has 0 unspecified atom stereocenters. The molecule has 7 rings (SSSR count). The Hall–Kier alpha value is -2.74. The summed E-state index contributed by atoms with van der Waals surface area (Å²) >= 11 is 0. The van der Waals surface area contributed by atoms with Gasteiger partial charge in [-0.1, -0.05) is 18.6 Å². The third-order valence-electron chi connectivity index (χ3n) is 13.2. The smallest absolute Gasteiger partial charge is 0.417 e. The van der Waals surface area contributed by atoms with Crippen molar-refractivity contribution in [3.8, 4) is 0 Å². The molecule has 0 radical (unpaired) electrons. The number of hydrogen-bond acceptors (Lipinski definition) is 8. The Bertz CT molecular complexity index is 1680. The summed E-state index contributed by atoms with van der Waals surface area (Å²) in [5, 5.41) is 8.48. The lowest BCUT2D eigenvalue weighted by atomic mass is 9.56. The van der Waals surface area contributed by atoms with Crippen molar-refractivity contribution in [2.45, 2.75) is 85.1 Å². The second-order valence-electron chi connectivity index (χ2n) is 16.2. The van der Waals surface area contributed by atoms with Crippen LogP contribution in [0.3, 0.4) is 0 Å². The van der Waals surface area contributed by atoms with E-state index in [0.29, 0.717) is 18.3 Å². The molecule has 2 aliphatic carbocycles. The molecule has 3 heterocycles. The van der Waals surface area contributed by atoms with Crippen LogP contribution in [-0.2, 0) is 24.8 Å². The van der Waals surface area contributed by atoms with Crippen molar-refractivity contribution >= 4 is 21.5 Å². The molecular formula is C39H51F4N3O5S. The molecule has 286 valence electrons. The van der Waals surface area contributed by atoms with E-state index < -0.39 is 39.7 Å². The number of carbonyl (C=O) groups excluding carboxylic acids is 1. The molecule has 0 amide bonds. The third-order valence-corrected chi connectivity index (χ3v) is 15.3. The van der Waals surface area contributed by atoms with Crippen molar-refractivity contribution in [2.75, 3.05) is 64.4 Å². The predicted octanol–water partition coefficient (Wildman–Crippen LogP) is 5.83. The van der Waals surface area contributed by atoms with Crippen molar-refractivity contribution in [1.82, 2.24) is 9.80 Å². The maximum atomic E-state index is 15.0. The van der Waals surface area contributed by atoms with E-state index in [4.69, 9.17) is 4.74 Å². The summed E-state index contributed by atoms with van der Waals surface area (Å²) in [6.07, 6.45) is 0.120. The molecule has 0 bridgehead atoms. The van der Waals surface area contributed by atoms with Crippen LogP contribution in [0.1, 0.15) is 63.4 Å². The summed E-state index contributed by atoms with van der Waals surface area (Å²) in [6, 6.07) is 13.6. The van der Waals surface area contributed by atoms with E-state index in [1.165, 1.54) is 31.7 Å². The second kappa shape index (κ2) is 14.5. The highest BCUT2D eigenvalue weighted by atomic mass is 32.2. The number of alkyl halides is 3. The van der Waals surface area contributed by atoms with Gasteiger partial charge in [0.1, 0.15) is 5.82 Å². The number of aliphatic hydroxyl groups is 1. The van der Waals surface area contributed by atoms with E-state index in [9.17, 15) is 35.9 Å². The first-order valence-electron chi connectivity index (χ1n) is 18.9. The minimum atomic E-state index is -4.85. The zero-order valence-corrected chi connectivity index (χ0v) is 30.7. The summed E-state index contributed by atoms with van der Waals surface area (Å²) in [5.41, 5.74) is -1.24. The van der Waals surface area contributed by atoms with E-state index in [0.717, 1.165) is 95.7 Å². The van der Waals surface area contributed by atoms with Crippen molar-refractivity contribution in [1.29, 1.82) is 0 Å². The fourth-order valence-corrected chi connectivity index (χ4v) is 12.0. The van der Waals surface area contributed by atoms with Gasteiger partial charge < -0.3 is 24.5 Å². The fraction of sp³-hybridized carbons (Fsp3) is 0.667. The van der Waals surface area contributed by atoms with Crippen LogP contribution >= 0.6 is 0 Å². The molecule has 2 saturated carbocycles. The van der Waals surface area contributed by atoms with Gasteiger partial charge in [0.2, 0.25) is 0 Å². The molecule has 13 heteroatoms. The van der Waals surface area contributed by atoms with Crippen LogP contribution in [0.2, 0.25) is 0 Å². The average Bonchev–Trinajstić information content (AvgIpc) is 3.52. The number of hydrogen-bond donors (Lipinski definition) is 1. The number of carbonyl (C=O) groups is 1. The van der Waals surface area contributed by atoms with Gasteiger partial charge in [0, 0.05) is 62.5 Å². The van der Waals surface area contributed by atoms with Gasteiger partial charge in [-0.25, -0.2) is 12.8 Å². The molecule has 2 aromatic carbocycles. The number of likely N-dealkylation sites (tertiary alicyclic amines) is 2. The van der Waals surface area contributed by atoms with Crippen LogP contribution in [-0.4, -0.2) is 106 Å². The molecule has 0 aromatic heterocycles. The first-order valence-corrected chi connectivity index (χ1v) is 20.4. The largest absolute Gasteiger partial charge is 0.469 e. The van der Waals surface area contributed by atoms with Crippen LogP contribution in [0, 0.1) is 29.5 Å². The highest BCUT2D eigenvalue weighted by Crippen LogP contribution is 2.54. The van der Waals surface area contributed by atoms with Gasteiger partial charge in [-0.3, -0.25) is 4.79 Å². The summed E-state index contributed by atoms with van der Waals surface area (Å²) in [7, 11) is -2.52. The first-order chi connectivity index (χ1) is 24.7. The molecule has 5 aliphatic rings. The second-order valence-corrected chi connectivity index (χ2v) is 18.4. The Morgan fingerprint density at radius 1 is 0.942 bits per heavy atom. The monoisotopic (exact) mass is 749 g/mol. The number of methoxy groups -OCH3 is 1. The van der Waals surface area contributed by atoms with Gasteiger partial charge in [-0.2, -0.15) is 13.2 Å². The lowest BCUT2D eigenvalue weighted by Gasteiger charge is -2.54. The number of piperidine rings is 1. The first kappa shape index (κ1) is 37.6. The Morgan fingerprint density at radius 2 is 1.63 bits per heavy atom. The zero-order chi connectivity index (χ0) is 36.9. The van der Waals surface area contributed by atoms with Crippen molar-refractivity contribution < 1.29 is 40.6 Å². The molecule has 3 saturated heterocycles. The van der Waals surface area contributed by atoms with E-state index in [1.807, 2.05) is 6.07 Å². The predicted molar refractivity (Wildman–Crippen MR) is 189 cm³/mol. The van der Waals surface area contributed by atoms with Crippen LogP contribution < -0.4 is 4.90 Å². The average molecular weight is 750 g/mol. The lowest BCUT2D eigenvalue weighted by molar-refractivity contribution is -0.284. The lowest BCUT2D eigenvalue weighted by Crippen LogP contribution is -2.59. The van der Waals surface area contributed by atoms with Gasteiger partial charge >= 0.3 is 12.1 Å².